The number of methoxy groups -OCH3 is 2. The van der Waals surface area contributed by atoms with Gasteiger partial charge in [-0.25, -0.2) is 0 Å². The molecule has 0 N–H and O–H groups in total. The molecule has 0 aliphatic heterocycles. The van der Waals surface area contributed by atoms with Crippen LogP contribution in [0.3, 0.4) is 0 Å². The minimum atomic E-state index is -2.17. The number of allylic oxidation sites excluding steroid dienone is 1. The second kappa shape index (κ2) is 8.65. The number of rotatable bonds is 7. The Balaban J connectivity index is 2.51. The van der Waals surface area contributed by atoms with Crippen molar-refractivity contribution in [3.05, 3.63) is 59.7 Å². The van der Waals surface area contributed by atoms with Crippen LogP contribution < -0.4 is 13.9 Å². The fourth-order valence-electron chi connectivity index (χ4n) is 2.42. The van der Waals surface area contributed by atoms with Crippen molar-refractivity contribution >= 4 is 20.2 Å². The molecule has 150 valence electrons. The summed E-state index contributed by atoms with van der Waals surface area (Å²) in [5.41, 5.74) is 1.37. The van der Waals surface area contributed by atoms with Crippen molar-refractivity contribution in [2.24, 2.45) is 0 Å². The Hall–Kier alpha value is -2.53. The van der Waals surface area contributed by atoms with E-state index in [1.807, 2.05) is 30.3 Å². The lowest BCUT2D eigenvalue weighted by molar-refractivity contribution is 0.104. The van der Waals surface area contributed by atoms with E-state index in [1.165, 1.54) is 0 Å². The zero-order chi connectivity index (χ0) is 20.9. The topological polar surface area (TPSA) is 44.8 Å². The Morgan fingerprint density at radius 2 is 1.57 bits per heavy atom. The molecular formula is C23H30O4Si. The van der Waals surface area contributed by atoms with Crippen molar-refractivity contribution in [3.8, 4) is 17.2 Å². The van der Waals surface area contributed by atoms with Gasteiger partial charge in [0, 0.05) is 12.1 Å². The highest BCUT2D eigenvalue weighted by molar-refractivity contribution is 6.74. The predicted molar refractivity (Wildman–Crippen MR) is 117 cm³/mol. The van der Waals surface area contributed by atoms with Crippen LogP contribution in [0.2, 0.25) is 18.1 Å². The molecule has 28 heavy (non-hydrogen) atoms. The van der Waals surface area contributed by atoms with Crippen LogP contribution >= 0.6 is 0 Å². The lowest BCUT2D eigenvalue weighted by atomic mass is 10.1. The Morgan fingerprint density at radius 1 is 0.964 bits per heavy atom. The van der Waals surface area contributed by atoms with Crippen LogP contribution in [0.15, 0.2) is 48.5 Å². The lowest BCUT2D eigenvalue weighted by Crippen LogP contribution is -2.44. The van der Waals surface area contributed by atoms with Gasteiger partial charge in [0.15, 0.2) is 5.78 Å². The Bertz CT molecular complexity index is 849. The van der Waals surface area contributed by atoms with Gasteiger partial charge in [-0.3, -0.25) is 4.79 Å². The van der Waals surface area contributed by atoms with E-state index in [4.69, 9.17) is 13.9 Å². The first-order valence-corrected chi connectivity index (χ1v) is 12.2. The Labute approximate surface area is 169 Å². The molecule has 2 aromatic rings. The van der Waals surface area contributed by atoms with Gasteiger partial charge in [0.2, 0.25) is 0 Å². The molecule has 0 unspecified atom stereocenters. The minimum Gasteiger partial charge on any atom is -0.543 e. The molecule has 0 aliphatic rings. The molecule has 0 saturated carbocycles. The number of hydrogen-bond donors (Lipinski definition) is 0. The van der Waals surface area contributed by atoms with Gasteiger partial charge in [0.25, 0.3) is 8.32 Å². The van der Waals surface area contributed by atoms with E-state index in [9.17, 15) is 4.79 Å². The van der Waals surface area contributed by atoms with E-state index in [2.05, 4.69) is 33.9 Å². The summed E-state index contributed by atoms with van der Waals surface area (Å²) in [6.07, 6.45) is 3.35. The molecule has 0 heterocycles. The molecule has 0 atom stereocenters. The molecule has 2 rings (SSSR count). The van der Waals surface area contributed by atoms with E-state index >= 15 is 0 Å². The van der Waals surface area contributed by atoms with Crippen molar-refractivity contribution in [2.45, 2.75) is 38.9 Å². The Kier molecular flexibility index (Phi) is 6.72. The van der Waals surface area contributed by atoms with E-state index in [0.717, 1.165) is 5.56 Å². The maximum absolute atomic E-state index is 13.1. The molecule has 4 nitrogen and oxygen atoms in total. The minimum absolute atomic E-state index is 0.0104. The number of carbonyl (C=O) groups is 1. The highest BCUT2D eigenvalue weighted by Crippen LogP contribution is 2.41. The third kappa shape index (κ3) is 5.04. The lowest BCUT2D eigenvalue weighted by Gasteiger charge is -2.37. The van der Waals surface area contributed by atoms with Crippen molar-refractivity contribution in [2.75, 3.05) is 14.2 Å². The van der Waals surface area contributed by atoms with Crippen LogP contribution in [0.4, 0.5) is 0 Å². The van der Waals surface area contributed by atoms with Crippen molar-refractivity contribution in [1.29, 1.82) is 0 Å². The molecule has 5 heteroatoms. The highest BCUT2D eigenvalue weighted by Gasteiger charge is 2.40. The molecule has 0 aliphatic carbocycles. The summed E-state index contributed by atoms with van der Waals surface area (Å²) < 4.78 is 17.4. The van der Waals surface area contributed by atoms with Crippen molar-refractivity contribution in [1.82, 2.24) is 0 Å². The number of carbonyl (C=O) groups excluding carboxylic acids is 1. The van der Waals surface area contributed by atoms with Gasteiger partial charge in [-0.15, -0.1) is 0 Å². The quantitative estimate of drug-likeness (QED) is 0.327. The zero-order valence-electron chi connectivity index (χ0n) is 17.8. The smallest absolute Gasteiger partial charge is 0.250 e. The Morgan fingerprint density at radius 3 is 2.11 bits per heavy atom. The zero-order valence-corrected chi connectivity index (χ0v) is 18.8. The molecule has 0 aromatic heterocycles. The summed E-state index contributed by atoms with van der Waals surface area (Å²) in [4.78, 5) is 13.1. The van der Waals surface area contributed by atoms with E-state index in [0.29, 0.717) is 22.8 Å². The average molecular weight is 399 g/mol. The summed E-state index contributed by atoms with van der Waals surface area (Å²) in [5.74, 6) is 1.37. The van der Waals surface area contributed by atoms with Crippen LogP contribution in [-0.2, 0) is 0 Å². The maximum Gasteiger partial charge on any atom is 0.250 e. The standard InChI is InChI=1S/C23H30O4Si/c1-23(2,3)28(6,7)27-21-16-18(25-4)15-20(26-5)22(21)19(24)14-13-17-11-9-8-10-12-17/h8-16H,1-7H3. The molecule has 0 radical (unpaired) electrons. The van der Waals surface area contributed by atoms with Crippen LogP contribution in [0.5, 0.6) is 17.2 Å². The molecule has 0 fully saturated rings. The summed E-state index contributed by atoms with van der Waals surface area (Å²) in [6.45, 7) is 10.8. The average Bonchev–Trinajstić information content (AvgIpc) is 2.65. The monoisotopic (exact) mass is 398 g/mol. The SMILES string of the molecule is COc1cc(OC)c(C(=O)C=Cc2ccccc2)c(O[Si](C)(C)C(C)(C)C)c1. The maximum atomic E-state index is 13.1. The molecule has 0 amide bonds. The van der Waals surface area contributed by atoms with Crippen LogP contribution in [-0.4, -0.2) is 28.3 Å². The van der Waals surface area contributed by atoms with Crippen LogP contribution in [0.1, 0.15) is 36.7 Å². The molecule has 2 aromatic carbocycles. The number of hydrogen-bond acceptors (Lipinski definition) is 4. The van der Waals surface area contributed by atoms with Gasteiger partial charge in [0.1, 0.15) is 22.8 Å². The molecule has 0 spiro atoms. The first kappa shape index (κ1) is 21.8. The van der Waals surface area contributed by atoms with Crippen molar-refractivity contribution in [3.63, 3.8) is 0 Å². The summed E-state index contributed by atoms with van der Waals surface area (Å²) >= 11 is 0. The summed E-state index contributed by atoms with van der Waals surface area (Å²) in [5, 5.41) is -0.0104. The van der Waals surface area contributed by atoms with E-state index < -0.39 is 8.32 Å². The summed E-state index contributed by atoms with van der Waals surface area (Å²) in [6, 6.07) is 13.2. The third-order valence-corrected chi connectivity index (χ3v) is 9.48. The highest BCUT2D eigenvalue weighted by atomic mass is 28.4. The van der Waals surface area contributed by atoms with E-state index in [1.54, 1.807) is 38.5 Å². The first-order valence-electron chi connectivity index (χ1n) is 9.31. The van der Waals surface area contributed by atoms with Crippen LogP contribution in [0, 0.1) is 0 Å². The van der Waals surface area contributed by atoms with Crippen molar-refractivity contribution < 1.29 is 18.7 Å². The van der Waals surface area contributed by atoms with Gasteiger partial charge < -0.3 is 13.9 Å². The van der Waals surface area contributed by atoms with Gasteiger partial charge in [-0.1, -0.05) is 57.2 Å². The van der Waals surface area contributed by atoms with Gasteiger partial charge in [-0.2, -0.15) is 0 Å². The largest absolute Gasteiger partial charge is 0.543 e. The second-order valence-corrected chi connectivity index (χ2v) is 12.9. The molecule has 0 bridgehead atoms. The fourth-order valence-corrected chi connectivity index (χ4v) is 3.43. The summed E-state index contributed by atoms with van der Waals surface area (Å²) in [7, 11) is 0.961. The second-order valence-electron chi connectivity index (χ2n) is 8.17. The number of ketones is 1. The predicted octanol–water partition coefficient (Wildman–Crippen LogP) is 5.98. The fraction of sp³-hybridized carbons (Fsp3) is 0.348. The third-order valence-electron chi connectivity index (χ3n) is 5.14. The normalized spacial score (nSPS) is 12.1. The number of benzene rings is 2. The van der Waals surface area contributed by atoms with E-state index in [-0.39, 0.29) is 10.8 Å². The van der Waals surface area contributed by atoms with Crippen LogP contribution in [0.25, 0.3) is 6.08 Å². The number of ether oxygens (including phenoxy) is 2. The molecule has 0 saturated heterocycles. The first-order chi connectivity index (χ1) is 13.1. The van der Waals surface area contributed by atoms with Gasteiger partial charge >= 0.3 is 0 Å². The molecular weight excluding hydrogens is 368 g/mol. The van der Waals surface area contributed by atoms with Gasteiger partial charge in [0.05, 0.1) is 14.2 Å². The van der Waals surface area contributed by atoms with Gasteiger partial charge in [-0.05, 0) is 29.8 Å².